The Labute approximate surface area is 173 Å². The van der Waals surface area contributed by atoms with E-state index in [4.69, 9.17) is 16.8 Å². The minimum Gasteiger partial charge on any atom is -0.382 e. The van der Waals surface area contributed by atoms with Gasteiger partial charge in [0.05, 0.1) is 17.8 Å². The number of hydrogen-bond acceptors (Lipinski definition) is 9. The lowest BCUT2D eigenvalue weighted by Crippen LogP contribution is -2.15. The van der Waals surface area contributed by atoms with Crippen LogP contribution in [0.25, 0.3) is 11.4 Å². The summed E-state index contributed by atoms with van der Waals surface area (Å²) in [4.78, 5) is 15.5. The van der Waals surface area contributed by atoms with Crippen LogP contribution in [-0.4, -0.2) is 36.0 Å². The highest BCUT2D eigenvalue weighted by molar-refractivity contribution is 5.96. The van der Waals surface area contributed by atoms with E-state index < -0.39 is 0 Å². The molecule has 0 amide bonds. The normalized spacial score (nSPS) is 9.77. The predicted molar refractivity (Wildman–Crippen MR) is 111 cm³/mol. The molecule has 0 radical (unpaired) electrons. The molecule has 148 valence electrons. The van der Waals surface area contributed by atoms with Crippen LogP contribution in [0, 0.1) is 11.3 Å². The van der Waals surface area contributed by atoms with Crippen LogP contribution >= 0.6 is 0 Å². The standard InChI is InChI=1S/C8H6N4.C6H8N4.C6H4N2/c1-3-9-4-2-7(1)8-10-5-6-11-12-8;7-6(10-8)5-1-3-9-4-2-5;7-5-6-1-3-8-4-2-6/h1-6H;1-4H,8H2,(H2,7,10);1-4H. The molecule has 0 aliphatic heterocycles. The van der Waals surface area contributed by atoms with Crippen molar-refractivity contribution in [2.24, 2.45) is 16.7 Å². The number of hydrazone groups is 1. The second kappa shape index (κ2) is 12.6. The molecular formula is C20H18N10. The van der Waals surface area contributed by atoms with E-state index in [0.717, 1.165) is 11.1 Å². The number of nitrogens with two attached hydrogens (primary N) is 2. The Bertz CT molecular complexity index is 1010. The first-order valence-electron chi connectivity index (χ1n) is 8.52. The van der Waals surface area contributed by atoms with Gasteiger partial charge in [-0.25, -0.2) is 4.98 Å². The van der Waals surface area contributed by atoms with Crippen molar-refractivity contribution in [1.82, 2.24) is 30.1 Å². The molecule has 0 bridgehead atoms. The average Bonchev–Trinajstić information content (AvgIpc) is 2.86. The Kier molecular flexibility index (Phi) is 9.02. The van der Waals surface area contributed by atoms with Crippen LogP contribution in [0.3, 0.4) is 0 Å². The molecule has 0 saturated heterocycles. The molecule has 0 aliphatic carbocycles. The molecule has 0 atom stereocenters. The third kappa shape index (κ3) is 7.45. The first-order valence-corrected chi connectivity index (χ1v) is 8.52. The average molecular weight is 398 g/mol. The molecule has 4 heterocycles. The molecule has 0 fully saturated rings. The SMILES string of the molecule is N#Cc1ccncc1.NN=C(N)c1ccncc1.c1cc(-c2nccnn2)ccn1. The van der Waals surface area contributed by atoms with E-state index >= 15 is 0 Å². The van der Waals surface area contributed by atoms with Gasteiger partial charge < -0.3 is 11.6 Å². The zero-order valence-corrected chi connectivity index (χ0v) is 15.8. The first kappa shape index (κ1) is 21.5. The summed E-state index contributed by atoms with van der Waals surface area (Å²) in [6.07, 6.45) is 13.0. The molecule has 30 heavy (non-hydrogen) atoms. The Hall–Kier alpha value is -4.78. The van der Waals surface area contributed by atoms with Crippen LogP contribution in [-0.2, 0) is 0 Å². The van der Waals surface area contributed by atoms with E-state index in [1.54, 1.807) is 73.8 Å². The van der Waals surface area contributed by atoms with Crippen LogP contribution in [0.2, 0.25) is 0 Å². The van der Waals surface area contributed by atoms with E-state index in [-0.39, 0.29) is 0 Å². The van der Waals surface area contributed by atoms with Gasteiger partial charge in [0.25, 0.3) is 0 Å². The predicted octanol–water partition coefficient (Wildman–Crippen LogP) is 1.55. The molecule has 0 aliphatic rings. The van der Waals surface area contributed by atoms with Gasteiger partial charge in [-0.3, -0.25) is 15.0 Å². The second-order valence-corrected chi connectivity index (χ2v) is 5.30. The third-order valence-electron chi connectivity index (χ3n) is 3.35. The lowest BCUT2D eigenvalue weighted by molar-refractivity contribution is 0.979. The van der Waals surface area contributed by atoms with Crippen molar-refractivity contribution < 1.29 is 0 Å². The molecule has 0 saturated carbocycles. The first-order chi connectivity index (χ1) is 14.7. The molecule has 4 N–H and O–H groups in total. The summed E-state index contributed by atoms with van der Waals surface area (Å²) >= 11 is 0. The molecule has 10 nitrogen and oxygen atoms in total. The van der Waals surface area contributed by atoms with Crippen molar-refractivity contribution in [3.8, 4) is 17.5 Å². The van der Waals surface area contributed by atoms with Crippen molar-refractivity contribution in [3.63, 3.8) is 0 Å². The van der Waals surface area contributed by atoms with Crippen LogP contribution in [0.5, 0.6) is 0 Å². The molecule has 4 aromatic heterocycles. The highest BCUT2D eigenvalue weighted by Crippen LogP contribution is 2.09. The van der Waals surface area contributed by atoms with Crippen LogP contribution < -0.4 is 11.6 Å². The minimum absolute atomic E-state index is 0.322. The van der Waals surface area contributed by atoms with Gasteiger partial charge >= 0.3 is 0 Å². The number of pyridine rings is 3. The summed E-state index contributed by atoms with van der Waals surface area (Å²) in [7, 11) is 0. The number of rotatable bonds is 2. The summed E-state index contributed by atoms with van der Waals surface area (Å²) in [6, 6.07) is 12.5. The van der Waals surface area contributed by atoms with Gasteiger partial charge in [0.2, 0.25) is 0 Å². The maximum absolute atomic E-state index is 8.26. The number of nitrogens with zero attached hydrogens (tertiary/aromatic N) is 8. The summed E-state index contributed by atoms with van der Waals surface area (Å²) < 4.78 is 0. The minimum atomic E-state index is 0.322. The van der Waals surface area contributed by atoms with Crippen molar-refractivity contribution in [1.29, 1.82) is 5.26 Å². The summed E-state index contributed by atoms with van der Waals surface area (Å²) in [6.45, 7) is 0. The molecule has 0 unspecified atom stereocenters. The lowest BCUT2D eigenvalue weighted by Gasteiger charge is -1.94. The van der Waals surface area contributed by atoms with Crippen molar-refractivity contribution in [2.75, 3.05) is 0 Å². The number of hydrogen-bond donors (Lipinski definition) is 2. The Balaban J connectivity index is 0.000000164. The van der Waals surface area contributed by atoms with E-state index in [2.05, 4.69) is 35.2 Å². The number of amidine groups is 1. The fourth-order valence-corrected chi connectivity index (χ4v) is 1.90. The summed E-state index contributed by atoms with van der Waals surface area (Å²) in [5.74, 6) is 5.89. The topological polar surface area (TPSA) is 166 Å². The zero-order chi connectivity index (χ0) is 21.4. The van der Waals surface area contributed by atoms with Gasteiger partial charge in [0, 0.05) is 54.5 Å². The Morgan fingerprint density at radius 3 is 1.83 bits per heavy atom. The van der Waals surface area contributed by atoms with Gasteiger partial charge in [0.1, 0.15) is 5.84 Å². The largest absolute Gasteiger partial charge is 0.382 e. The van der Waals surface area contributed by atoms with E-state index in [9.17, 15) is 0 Å². The van der Waals surface area contributed by atoms with E-state index in [0.29, 0.717) is 17.2 Å². The maximum Gasteiger partial charge on any atom is 0.181 e. The van der Waals surface area contributed by atoms with Gasteiger partial charge in [-0.2, -0.15) is 15.5 Å². The third-order valence-corrected chi connectivity index (χ3v) is 3.35. The molecule has 4 rings (SSSR count). The molecular weight excluding hydrogens is 380 g/mol. The fourth-order valence-electron chi connectivity index (χ4n) is 1.90. The van der Waals surface area contributed by atoms with E-state index in [1.165, 1.54) is 0 Å². The van der Waals surface area contributed by atoms with Crippen molar-refractivity contribution >= 4 is 5.84 Å². The Morgan fingerprint density at radius 2 is 1.37 bits per heavy atom. The van der Waals surface area contributed by atoms with Gasteiger partial charge in [-0.1, -0.05) is 0 Å². The quantitative estimate of drug-likeness (QED) is 0.220. The Morgan fingerprint density at radius 1 is 0.800 bits per heavy atom. The number of aromatic nitrogens is 6. The number of nitriles is 1. The second-order valence-electron chi connectivity index (χ2n) is 5.30. The summed E-state index contributed by atoms with van der Waals surface area (Å²) in [5.41, 5.74) is 7.76. The van der Waals surface area contributed by atoms with Gasteiger partial charge in [-0.05, 0) is 36.4 Å². The van der Waals surface area contributed by atoms with Crippen molar-refractivity contribution in [3.05, 3.63) is 97.1 Å². The van der Waals surface area contributed by atoms with Crippen LogP contribution in [0.1, 0.15) is 11.1 Å². The highest BCUT2D eigenvalue weighted by atomic mass is 15.2. The zero-order valence-electron chi connectivity index (χ0n) is 15.8. The lowest BCUT2D eigenvalue weighted by atomic mass is 10.2. The summed E-state index contributed by atoms with van der Waals surface area (Å²) in [5, 5.41) is 19.2. The smallest absolute Gasteiger partial charge is 0.181 e. The molecule has 0 spiro atoms. The highest BCUT2D eigenvalue weighted by Gasteiger charge is 1.97. The van der Waals surface area contributed by atoms with E-state index in [1.807, 2.05) is 18.2 Å². The molecule has 0 aromatic carbocycles. The van der Waals surface area contributed by atoms with Crippen molar-refractivity contribution in [2.45, 2.75) is 0 Å². The van der Waals surface area contributed by atoms with Gasteiger partial charge in [-0.15, -0.1) is 5.10 Å². The van der Waals surface area contributed by atoms with Crippen LogP contribution in [0.15, 0.2) is 91.1 Å². The monoisotopic (exact) mass is 398 g/mol. The van der Waals surface area contributed by atoms with Crippen LogP contribution in [0.4, 0.5) is 0 Å². The maximum atomic E-state index is 8.26. The molecule has 10 heteroatoms. The van der Waals surface area contributed by atoms with Gasteiger partial charge in [0.15, 0.2) is 5.82 Å². The fraction of sp³-hybridized carbons (Fsp3) is 0. The molecule has 4 aromatic rings.